The fraction of sp³-hybridized carbons (Fsp3) is 0.167. The lowest BCUT2D eigenvalue weighted by molar-refractivity contribution is 0.0957. The molecule has 2 N–H and O–H groups in total. The Bertz CT molecular complexity index is 734. The molecular weight excluding hydrogens is 282 g/mol. The number of benzene rings is 1. The third-order valence-electron chi connectivity index (χ3n) is 2.70. The molecule has 0 atom stereocenters. The summed E-state index contributed by atoms with van der Waals surface area (Å²) in [7, 11) is -2.20. The van der Waals surface area contributed by atoms with Crippen LogP contribution in [0.15, 0.2) is 39.8 Å². The second kappa shape index (κ2) is 5.06. The summed E-state index contributed by atoms with van der Waals surface area (Å²) in [6.07, 6.45) is 0. The maximum Gasteiger partial charge on any atom is 0.296 e. The molecule has 1 amide bonds. The highest BCUT2D eigenvalue weighted by Gasteiger charge is 2.18. The van der Waals surface area contributed by atoms with E-state index in [9.17, 15) is 13.2 Å². The Morgan fingerprint density at radius 1 is 1.30 bits per heavy atom. The molecule has 0 fully saturated rings. The van der Waals surface area contributed by atoms with E-state index in [0.29, 0.717) is 11.4 Å². The first kappa shape index (κ1) is 14.2. The van der Waals surface area contributed by atoms with Crippen LogP contribution < -0.4 is 10.0 Å². The molecule has 0 aliphatic rings. The van der Waals surface area contributed by atoms with Gasteiger partial charge in [-0.25, -0.2) is 13.6 Å². The molecule has 0 spiro atoms. The van der Waals surface area contributed by atoms with Crippen molar-refractivity contribution in [2.45, 2.75) is 11.8 Å². The van der Waals surface area contributed by atoms with Gasteiger partial charge in [-0.15, -0.1) is 0 Å². The SMILES string of the molecule is Cc1cc(C(=O)N(C)c2ccc(S(N)(=O)=O)cc2)on1. The van der Waals surface area contributed by atoms with E-state index < -0.39 is 10.0 Å². The van der Waals surface area contributed by atoms with Crippen molar-refractivity contribution in [1.29, 1.82) is 0 Å². The summed E-state index contributed by atoms with van der Waals surface area (Å²) in [5.74, 6) is -0.269. The molecule has 8 heteroatoms. The number of aryl methyl sites for hydroxylation is 1. The van der Waals surface area contributed by atoms with Crippen LogP contribution in [0.25, 0.3) is 0 Å². The van der Waals surface area contributed by atoms with Crippen LogP contribution in [0.5, 0.6) is 0 Å². The molecule has 0 radical (unpaired) electrons. The Balaban J connectivity index is 2.25. The molecule has 106 valence electrons. The van der Waals surface area contributed by atoms with Gasteiger partial charge in [-0.05, 0) is 31.2 Å². The van der Waals surface area contributed by atoms with Gasteiger partial charge in [-0.2, -0.15) is 0 Å². The van der Waals surface area contributed by atoms with E-state index in [1.165, 1.54) is 35.2 Å². The van der Waals surface area contributed by atoms with Crippen molar-refractivity contribution >= 4 is 21.6 Å². The quantitative estimate of drug-likeness (QED) is 0.905. The zero-order valence-corrected chi connectivity index (χ0v) is 11.7. The lowest BCUT2D eigenvalue weighted by atomic mass is 10.2. The van der Waals surface area contributed by atoms with Crippen LogP contribution in [-0.4, -0.2) is 26.5 Å². The summed E-state index contributed by atoms with van der Waals surface area (Å²) in [6.45, 7) is 1.71. The molecule has 0 aliphatic heterocycles. The zero-order valence-electron chi connectivity index (χ0n) is 10.9. The van der Waals surface area contributed by atoms with E-state index in [4.69, 9.17) is 9.66 Å². The summed E-state index contributed by atoms with van der Waals surface area (Å²) >= 11 is 0. The fourth-order valence-corrected chi connectivity index (χ4v) is 2.12. The van der Waals surface area contributed by atoms with Gasteiger partial charge >= 0.3 is 0 Å². The molecule has 0 bridgehead atoms. The normalized spacial score (nSPS) is 11.3. The van der Waals surface area contributed by atoms with E-state index >= 15 is 0 Å². The monoisotopic (exact) mass is 295 g/mol. The van der Waals surface area contributed by atoms with Gasteiger partial charge in [0.15, 0.2) is 0 Å². The Labute approximate surface area is 116 Å². The highest BCUT2D eigenvalue weighted by Crippen LogP contribution is 2.18. The number of hydrogen-bond acceptors (Lipinski definition) is 5. The molecule has 2 aromatic rings. The molecule has 1 aromatic carbocycles. The second-order valence-corrected chi connectivity index (χ2v) is 5.80. The number of anilines is 1. The zero-order chi connectivity index (χ0) is 14.9. The predicted octanol–water partition coefficient (Wildman–Crippen LogP) is 0.907. The van der Waals surface area contributed by atoms with E-state index in [1.54, 1.807) is 14.0 Å². The Kier molecular flexibility index (Phi) is 3.60. The van der Waals surface area contributed by atoms with Gasteiger partial charge in [0, 0.05) is 18.8 Å². The van der Waals surface area contributed by atoms with Gasteiger partial charge in [0.2, 0.25) is 15.8 Å². The number of amides is 1. The maximum atomic E-state index is 12.1. The number of rotatable bonds is 3. The molecule has 0 saturated carbocycles. The number of aromatic nitrogens is 1. The highest BCUT2D eigenvalue weighted by atomic mass is 32.2. The molecule has 0 saturated heterocycles. The number of carbonyl (C=O) groups is 1. The smallest absolute Gasteiger partial charge is 0.296 e. The third-order valence-corrected chi connectivity index (χ3v) is 3.63. The van der Waals surface area contributed by atoms with Crippen LogP contribution in [-0.2, 0) is 10.0 Å². The second-order valence-electron chi connectivity index (χ2n) is 4.24. The van der Waals surface area contributed by atoms with Crippen molar-refractivity contribution in [2.75, 3.05) is 11.9 Å². The largest absolute Gasteiger partial charge is 0.351 e. The van der Waals surface area contributed by atoms with E-state index in [2.05, 4.69) is 5.16 Å². The third kappa shape index (κ3) is 2.86. The molecule has 7 nitrogen and oxygen atoms in total. The van der Waals surface area contributed by atoms with Gasteiger partial charge in [-0.1, -0.05) is 5.16 Å². The average molecular weight is 295 g/mol. The van der Waals surface area contributed by atoms with Crippen LogP contribution in [0.2, 0.25) is 0 Å². The number of sulfonamides is 1. The minimum Gasteiger partial charge on any atom is -0.351 e. The van der Waals surface area contributed by atoms with Crippen LogP contribution in [0, 0.1) is 6.92 Å². The molecule has 1 aromatic heterocycles. The molecule has 0 aliphatic carbocycles. The minimum atomic E-state index is -3.75. The van der Waals surface area contributed by atoms with Crippen LogP contribution in [0.1, 0.15) is 16.2 Å². The first-order chi connectivity index (χ1) is 9.29. The van der Waals surface area contributed by atoms with Crippen molar-refractivity contribution in [3.8, 4) is 0 Å². The first-order valence-corrected chi connectivity index (χ1v) is 7.18. The fourth-order valence-electron chi connectivity index (χ4n) is 1.61. The predicted molar refractivity (Wildman–Crippen MR) is 71.8 cm³/mol. The van der Waals surface area contributed by atoms with Crippen LogP contribution >= 0.6 is 0 Å². The topological polar surface area (TPSA) is 106 Å². The molecule has 0 unspecified atom stereocenters. The van der Waals surface area contributed by atoms with E-state index in [0.717, 1.165) is 0 Å². The summed E-state index contributed by atoms with van der Waals surface area (Å²) in [5, 5.41) is 8.65. The van der Waals surface area contributed by atoms with Gasteiger partial charge in [0.1, 0.15) is 0 Å². The van der Waals surface area contributed by atoms with Crippen molar-refractivity contribution in [3.05, 3.63) is 41.8 Å². The van der Waals surface area contributed by atoms with Gasteiger partial charge in [-0.3, -0.25) is 4.79 Å². The molecule has 2 rings (SSSR count). The van der Waals surface area contributed by atoms with Gasteiger partial charge in [0.25, 0.3) is 5.91 Å². The lowest BCUT2D eigenvalue weighted by Gasteiger charge is -2.15. The number of hydrogen-bond donors (Lipinski definition) is 1. The van der Waals surface area contributed by atoms with E-state index in [-0.39, 0.29) is 16.6 Å². The Morgan fingerprint density at radius 2 is 1.90 bits per heavy atom. The van der Waals surface area contributed by atoms with Gasteiger partial charge < -0.3 is 9.42 Å². The highest BCUT2D eigenvalue weighted by molar-refractivity contribution is 7.89. The summed E-state index contributed by atoms with van der Waals surface area (Å²) in [5.41, 5.74) is 1.11. The molecule has 20 heavy (non-hydrogen) atoms. The number of nitrogens with zero attached hydrogens (tertiary/aromatic N) is 2. The Hall–Kier alpha value is -2.19. The van der Waals surface area contributed by atoms with Crippen LogP contribution in [0.3, 0.4) is 0 Å². The maximum absolute atomic E-state index is 12.1. The molecular formula is C12H13N3O4S. The lowest BCUT2D eigenvalue weighted by Crippen LogP contribution is -2.25. The van der Waals surface area contributed by atoms with Crippen LogP contribution in [0.4, 0.5) is 5.69 Å². The molecule has 1 heterocycles. The average Bonchev–Trinajstić information content (AvgIpc) is 2.83. The summed E-state index contributed by atoms with van der Waals surface area (Å²) in [6, 6.07) is 7.17. The first-order valence-electron chi connectivity index (χ1n) is 5.63. The van der Waals surface area contributed by atoms with Crippen molar-refractivity contribution in [3.63, 3.8) is 0 Å². The summed E-state index contributed by atoms with van der Waals surface area (Å²) in [4.78, 5) is 13.4. The van der Waals surface area contributed by atoms with Gasteiger partial charge in [0.05, 0.1) is 10.6 Å². The van der Waals surface area contributed by atoms with Crippen molar-refractivity contribution in [2.24, 2.45) is 5.14 Å². The number of primary sulfonamides is 1. The number of carbonyl (C=O) groups excluding carboxylic acids is 1. The number of nitrogens with two attached hydrogens (primary N) is 1. The summed E-state index contributed by atoms with van der Waals surface area (Å²) < 4.78 is 27.2. The Morgan fingerprint density at radius 3 is 2.35 bits per heavy atom. The minimum absolute atomic E-state index is 0.0161. The standard InChI is InChI=1S/C12H13N3O4S/c1-8-7-11(19-14-8)12(16)15(2)9-3-5-10(6-4-9)20(13,17)18/h3-7H,1-2H3,(H2,13,17,18). The van der Waals surface area contributed by atoms with Crippen molar-refractivity contribution in [1.82, 2.24) is 5.16 Å². The van der Waals surface area contributed by atoms with E-state index in [1.807, 2.05) is 0 Å². The van der Waals surface area contributed by atoms with Crippen molar-refractivity contribution < 1.29 is 17.7 Å².